The van der Waals surface area contributed by atoms with Crippen molar-refractivity contribution in [2.75, 3.05) is 25.5 Å². The lowest BCUT2D eigenvalue weighted by Crippen LogP contribution is -2.38. The highest BCUT2D eigenvalue weighted by atomic mass is 19.1. The Balaban J connectivity index is 1.39. The van der Waals surface area contributed by atoms with Crippen LogP contribution in [0.15, 0.2) is 72.8 Å². The summed E-state index contributed by atoms with van der Waals surface area (Å²) in [4.78, 5) is 15.2. The molecule has 1 saturated heterocycles. The summed E-state index contributed by atoms with van der Waals surface area (Å²) < 4.78 is 19.3. The van der Waals surface area contributed by atoms with Crippen LogP contribution in [-0.2, 0) is 11.3 Å². The van der Waals surface area contributed by atoms with Crippen molar-refractivity contribution in [3.63, 3.8) is 0 Å². The third kappa shape index (κ3) is 5.12. The Hall–Kier alpha value is -3.18. The van der Waals surface area contributed by atoms with Gasteiger partial charge in [0.1, 0.15) is 11.6 Å². The highest BCUT2D eigenvalue weighted by Crippen LogP contribution is 2.31. The van der Waals surface area contributed by atoms with Crippen LogP contribution in [0.2, 0.25) is 0 Å². The lowest BCUT2D eigenvalue weighted by Gasteiger charge is -2.31. The Kier molecular flexibility index (Phi) is 6.63. The largest absolute Gasteiger partial charge is 0.497 e. The molecule has 0 saturated carbocycles. The van der Waals surface area contributed by atoms with Crippen molar-refractivity contribution in [3.05, 3.63) is 84.2 Å². The molecule has 0 aromatic heterocycles. The van der Waals surface area contributed by atoms with Gasteiger partial charge in [-0.2, -0.15) is 0 Å². The number of hydrogen-bond acceptors (Lipinski definition) is 3. The maximum Gasteiger partial charge on any atom is 0.227 e. The van der Waals surface area contributed by atoms with Crippen LogP contribution >= 0.6 is 0 Å². The molecule has 1 heterocycles. The molecule has 4 rings (SSSR count). The van der Waals surface area contributed by atoms with Crippen molar-refractivity contribution >= 4 is 11.6 Å². The number of methoxy groups -OCH3 is 1. The summed E-state index contributed by atoms with van der Waals surface area (Å²) in [6.45, 7) is 2.15. The first-order chi connectivity index (χ1) is 15.1. The number of rotatable bonds is 6. The fourth-order valence-corrected chi connectivity index (χ4v) is 4.09. The number of ether oxygens (including phenoxy) is 1. The first kappa shape index (κ1) is 21.1. The van der Waals surface area contributed by atoms with Crippen LogP contribution < -0.4 is 10.1 Å². The van der Waals surface area contributed by atoms with E-state index < -0.39 is 0 Å². The Labute approximate surface area is 182 Å². The zero-order valence-electron chi connectivity index (χ0n) is 17.7. The molecule has 0 spiro atoms. The third-order valence-electron chi connectivity index (χ3n) is 5.88. The summed E-state index contributed by atoms with van der Waals surface area (Å²) in [5.41, 5.74) is 3.47. The molecule has 0 aliphatic carbocycles. The van der Waals surface area contributed by atoms with Gasteiger partial charge in [-0.25, -0.2) is 4.39 Å². The molecular weight excluding hydrogens is 391 g/mol. The lowest BCUT2D eigenvalue weighted by atomic mass is 9.95. The number of likely N-dealkylation sites (tertiary alicyclic amines) is 1. The van der Waals surface area contributed by atoms with E-state index in [2.05, 4.69) is 10.2 Å². The molecule has 0 atom stereocenters. The second-order valence-electron chi connectivity index (χ2n) is 7.91. The number of anilines is 1. The van der Waals surface area contributed by atoms with Crippen LogP contribution in [-0.4, -0.2) is 31.0 Å². The number of nitrogens with zero attached hydrogens (tertiary/aromatic N) is 1. The molecule has 31 heavy (non-hydrogen) atoms. The van der Waals surface area contributed by atoms with Crippen molar-refractivity contribution in [3.8, 4) is 16.9 Å². The van der Waals surface area contributed by atoms with E-state index in [0.717, 1.165) is 48.5 Å². The number of para-hydroxylation sites is 1. The molecule has 1 N–H and O–H groups in total. The minimum absolute atomic E-state index is 0.0425. The molecule has 3 aromatic carbocycles. The van der Waals surface area contributed by atoms with Gasteiger partial charge in [0.25, 0.3) is 0 Å². The van der Waals surface area contributed by atoms with Gasteiger partial charge in [0.2, 0.25) is 5.91 Å². The first-order valence-corrected chi connectivity index (χ1v) is 10.6. The number of piperidine rings is 1. The molecule has 1 amide bonds. The van der Waals surface area contributed by atoms with Gasteiger partial charge in [-0.1, -0.05) is 48.5 Å². The number of carbonyl (C=O) groups excluding carboxylic acids is 1. The Morgan fingerprint density at radius 2 is 1.77 bits per heavy atom. The zero-order chi connectivity index (χ0) is 21.6. The Morgan fingerprint density at radius 3 is 2.55 bits per heavy atom. The van der Waals surface area contributed by atoms with Crippen LogP contribution in [0.1, 0.15) is 18.4 Å². The predicted octanol–water partition coefficient (Wildman–Crippen LogP) is 5.35. The molecule has 0 unspecified atom stereocenters. The normalized spacial score (nSPS) is 14.9. The van der Waals surface area contributed by atoms with Crippen LogP contribution in [0.5, 0.6) is 5.75 Å². The second kappa shape index (κ2) is 9.75. The van der Waals surface area contributed by atoms with Gasteiger partial charge in [0.15, 0.2) is 0 Å². The van der Waals surface area contributed by atoms with Crippen molar-refractivity contribution in [2.45, 2.75) is 19.4 Å². The molecule has 5 heteroatoms. The Morgan fingerprint density at radius 1 is 1.03 bits per heavy atom. The van der Waals surface area contributed by atoms with Gasteiger partial charge in [-0.05, 0) is 55.8 Å². The van der Waals surface area contributed by atoms with E-state index in [4.69, 9.17) is 4.74 Å². The van der Waals surface area contributed by atoms with E-state index in [0.29, 0.717) is 12.1 Å². The maximum absolute atomic E-state index is 13.9. The second-order valence-corrected chi connectivity index (χ2v) is 7.91. The SMILES string of the molecule is COc1cccc(-c2ccccc2NC(=O)C2CCN(Cc3ccccc3F)CC2)c1. The fourth-order valence-electron chi connectivity index (χ4n) is 4.09. The van der Waals surface area contributed by atoms with Crippen LogP contribution in [0, 0.1) is 11.7 Å². The minimum Gasteiger partial charge on any atom is -0.497 e. The molecule has 3 aromatic rings. The van der Waals surface area contributed by atoms with Crippen LogP contribution in [0.4, 0.5) is 10.1 Å². The molecule has 4 nitrogen and oxygen atoms in total. The summed E-state index contributed by atoms with van der Waals surface area (Å²) >= 11 is 0. The molecule has 160 valence electrons. The maximum atomic E-state index is 13.9. The molecule has 1 aliphatic heterocycles. The molecular formula is C26H27FN2O2. The van der Waals surface area contributed by atoms with Gasteiger partial charge in [0.05, 0.1) is 7.11 Å². The van der Waals surface area contributed by atoms with Crippen LogP contribution in [0.3, 0.4) is 0 Å². The lowest BCUT2D eigenvalue weighted by molar-refractivity contribution is -0.121. The number of nitrogens with one attached hydrogen (secondary N) is 1. The standard InChI is InChI=1S/C26H27FN2O2/c1-31-22-9-6-8-20(17-22)23-10-3-5-12-25(23)28-26(30)19-13-15-29(16-14-19)18-21-7-2-4-11-24(21)27/h2-12,17,19H,13-16,18H2,1H3,(H,28,30). The zero-order valence-corrected chi connectivity index (χ0v) is 17.7. The number of carbonyl (C=O) groups is 1. The smallest absolute Gasteiger partial charge is 0.227 e. The van der Waals surface area contributed by atoms with E-state index in [1.165, 1.54) is 6.07 Å². The summed E-state index contributed by atoms with van der Waals surface area (Å²) in [6, 6.07) is 22.5. The molecule has 0 bridgehead atoms. The monoisotopic (exact) mass is 418 g/mol. The van der Waals surface area contributed by atoms with Crippen molar-refractivity contribution in [1.82, 2.24) is 4.90 Å². The van der Waals surface area contributed by atoms with E-state index in [9.17, 15) is 9.18 Å². The van der Waals surface area contributed by atoms with Crippen molar-refractivity contribution < 1.29 is 13.9 Å². The van der Waals surface area contributed by atoms with Gasteiger partial charge in [-0.15, -0.1) is 0 Å². The van der Waals surface area contributed by atoms with Crippen LogP contribution in [0.25, 0.3) is 11.1 Å². The Bertz CT molecular complexity index is 1040. The predicted molar refractivity (Wildman–Crippen MR) is 121 cm³/mol. The first-order valence-electron chi connectivity index (χ1n) is 10.6. The fraction of sp³-hybridized carbons (Fsp3) is 0.269. The molecule has 0 radical (unpaired) electrons. The quantitative estimate of drug-likeness (QED) is 0.587. The van der Waals surface area contributed by atoms with E-state index in [1.807, 2.05) is 60.7 Å². The summed E-state index contributed by atoms with van der Waals surface area (Å²) in [5.74, 6) is 0.605. The number of hydrogen-bond donors (Lipinski definition) is 1. The average molecular weight is 419 g/mol. The van der Waals surface area contributed by atoms with E-state index >= 15 is 0 Å². The summed E-state index contributed by atoms with van der Waals surface area (Å²) in [5, 5.41) is 3.13. The van der Waals surface area contributed by atoms with E-state index in [1.54, 1.807) is 13.2 Å². The van der Waals surface area contributed by atoms with Gasteiger partial charge in [-0.3, -0.25) is 9.69 Å². The van der Waals surface area contributed by atoms with Gasteiger partial charge < -0.3 is 10.1 Å². The van der Waals surface area contributed by atoms with Crippen molar-refractivity contribution in [1.29, 1.82) is 0 Å². The van der Waals surface area contributed by atoms with Gasteiger partial charge in [0, 0.05) is 29.3 Å². The summed E-state index contributed by atoms with van der Waals surface area (Å²) in [7, 11) is 1.64. The topological polar surface area (TPSA) is 41.6 Å². The van der Waals surface area contributed by atoms with Crippen molar-refractivity contribution in [2.24, 2.45) is 5.92 Å². The average Bonchev–Trinajstić information content (AvgIpc) is 2.81. The molecule has 1 fully saturated rings. The number of halogens is 1. The minimum atomic E-state index is -0.170. The van der Waals surface area contributed by atoms with E-state index in [-0.39, 0.29) is 17.6 Å². The van der Waals surface area contributed by atoms with Gasteiger partial charge >= 0.3 is 0 Å². The molecule has 1 aliphatic rings. The third-order valence-corrected chi connectivity index (χ3v) is 5.88. The highest BCUT2D eigenvalue weighted by Gasteiger charge is 2.26. The highest BCUT2D eigenvalue weighted by molar-refractivity contribution is 5.96. The number of amides is 1. The number of benzene rings is 3. The summed E-state index contributed by atoms with van der Waals surface area (Å²) in [6.07, 6.45) is 1.53.